The molecule has 134 valence electrons. The number of hydrogen-bond acceptors (Lipinski definition) is 4. The highest BCUT2D eigenvalue weighted by Crippen LogP contribution is 2.21. The molecule has 2 amide bonds. The summed E-state index contributed by atoms with van der Waals surface area (Å²) >= 11 is 7.21. The normalized spacial score (nSPS) is 10.5. The number of carboxylic acids is 1. The zero-order valence-electron chi connectivity index (χ0n) is 13.4. The molecule has 2 aromatic carbocycles. The first-order valence-corrected chi connectivity index (χ1v) is 8.79. The van der Waals surface area contributed by atoms with Crippen LogP contribution in [-0.2, 0) is 14.4 Å². The van der Waals surface area contributed by atoms with Crippen molar-refractivity contribution in [3.63, 3.8) is 0 Å². The maximum absolute atomic E-state index is 11.9. The maximum Gasteiger partial charge on any atom is 0.328 e. The number of carbonyl (C=O) groups excluding carboxylic acids is 2. The van der Waals surface area contributed by atoms with Crippen LogP contribution in [0.25, 0.3) is 0 Å². The molecular formula is C18H15ClN2O4S. The van der Waals surface area contributed by atoms with Crippen LogP contribution in [0, 0.1) is 0 Å². The molecule has 2 aromatic rings. The lowest BCUT2D eigenvalue weighted by atomic mass is 10.3. The number of rotatable bonds is 7. The van der Waals surface area contributed by atoms with E-state index in [0.29, 0.717) is 16.4 Å². The van der Waals surface area contributed by atoms with Gasteiger partial charge in [-0.05, 0) is 42.5 Å². The molecule has 0 bridgehead atoms. The molecule has 0 saturated heterocycles. The van der Waals surface area contributed by atoms with E-state index in [1.165, 1.54) is 11.8 Å². The average Bonchev–Trinajstić information content (AvgIpc) is 2.59. The van der Waals surface area contributed by atoms with E-state index < -0.39 is 11.9 Å². The minimum absolute atomic E-state index is 0.159. The molecule has 0 aliphatic heterocycles. The fraction of sp³-hybridized carbons (Fsp3) is 0.0556. The van der Waals surface area contributed by atoms with Gasteiger partial charge >= 0.3 is 5.97 Å². The van der Waals surface area contributed by atoms with Crippen molar-refractivity contribution in [2.75, 3.05) is 16.4 Å². The van der Waals surface area contributed by atoms with Gasteiger partial charge in [-0.3, -0.25) is 9.59 Å². The lowest BCUT2D eigenvalue weighted by Gasteiger charge is -2.06. The van der Waals surface area contributed by atoms with Crippen molar-refractivity contribution in [2.24, 2.45) is 0 Å². The Labute approximate surface area is 159 Å². The second-order valence-corrected chi connectivity index (χ2v) is 6.52. The van der Waals surface area contributed by atoms with Crippen LogP contribution in [0.4, 0.5) is 11.4 Å². The Kier molecular flexibility index (Phi) is 7.25. The summed E-state index contributed by atoms with van der Waals surface area (Å²) in [6, 6.07) is 13.8. The second kappa shape index (κ2) is 9.65. The quantitative estimate of drug-likeness (QED) is 0.495. The van der Waals surface area contributed by atoms with Gasteiger partial charge in [-0.15, -0.1) is 11.8 Å². The number of carbonyl (C=O) groups is 3. The van der Waals surface area contributed by atoms with Crippen LogP contribution < -0.4 is 10.6 Å². The summed E-state index contributed by atoms with van der Waals surface area (Å²) in [7, 11) is 0. The Morgan fingerprint density at radius 1 is 1.00 bits per heavy atom. The Bertz CT molecular complexity index is 837. The number of hydrogen-bond donors (Lipinski definition) is 3. The number of halogens is 1. The monoisotopic (exact) mass is 390 g/mol. The molecule has 8 heteroatoms. The Balaban J connectivity index is 1.82. The van der Waals surface area contributed by atoms with Gasteiger partial charge in [0.1, 0.15) is 0 Å². The van der Waals surface area contributed by atoms with Crippen LogP contribution in [0.5, 0.6) is 0 Å². The minimum atomic E-state index is -1.19. The fourth-order valence-corrected chi connectivity index (χ4v) is 2.77. The van der Waals surface area contributed by atoms with E-state index in [0.717, 1.165) is 17.0 Å². The summed E-state index contributed by atoms with van der Waals surface area (Å²) in [6.45, 7) is 0. The molecule has 0 aliphatic carbocycles. The van der Waals surface area contributed by atoms with Gasteiger partial charge in [-0.25, -0.2) is 4.79 Å². The first-order chi connectivity index (χ1) is 12.4. The highest BCUT2D eigenvalue weighted by molar-refractivity contribution is 8.00. The predicted octanol–water partition coefficient (Wildman–Crippen LogP) is 3.65. The topological polar surface area (TPSA) is 95.5 Å². The molecule has 3 N–H and O–H groups in total. The predicted molar refractivity (Wildman–Crippen MR) is 103 cm³/mol. The zero-order chi connectivity index (χ0) is 18.9. The SMILES string of the molecule is O=C(O)/C=C/C(=O)Nc1ccc(SCC(=O)Nc2cccc(Cl)c2)cc1. The Morgan fingerprint density at radius 2 is 1.73 bits per heavy atom. The smallest absolute Gasteiger partial charge is 0.328 e. The van der Waals surface area contributed by atoms with Gasteiger partial charge in [0, 0.05) is 33.4 Å². The van der Waals surface area contributed by atoms with Crippen molar-refractivity contribution in [2.45, 2.75) is 4.90 Å². The third kappa shape index (κ3) is 7.00. The van der Waals surface area contributed by atoms with Crippen molar-refractivity contribution in [3.8, 4) is 0 Å². The van der Waals surface area contributed by atoms with E-state index in [4.69, 9.17) is 16.7 Å². The van der Waals surface area contributed by atoms with E-state index >= 15 is 0 Å². The Morgan fingerprint density at radius 3 is 2.38 bits per heavy atom. The molecule has 0 aliphatic rings. The number of benzene rings is 2. The van der Waals surface area contributed by atoms with Gasteiger partial charge < -0.3 is 15.7 Å². The summed E-state index contributed by atoms with van der Waals surface area (Å²) in [4.78, 5) is 34.6. The summed E-state index contributed by atoms with van der Waals surface area (Å²) in [5, 5.41) is 14.3. The highest BCUT2D eigenvalue weighted by Gasteiger charge is 2.05. The van der Waals surface area contributed by atoms with Gasteiger partial charge in [0.15, 0.2) is 0 Å². The molecule has 0 aromatic heterocycles. The summed E-state index contributed by atoms with van der Waals surface area (Å²) in [6.07, 6.45) is 1.70. The van der Waals surface area contributed by atoms with Gasteiger partial charge in [-0.2, -0.15) is 0 Å². The van der Waals surface area contributed by atoms with Crippen molar-refractivity contribution in [1.29, 1.82) is 0 Å². The third-order valence-electron chi connectivity index (χ3n) is 2.98. The molecule has 0 saturated carbocycles. The molecule has 26 heavy (non-hydrogen) atoms. The van der Waals surface area contributed by atoms with Gasteiger partial charge in [0.2, 0.25) is 11.8 Å². The molecule has 0 fully saturated rings. The van der Waals surface area contributed by atoms with Crippen LogP contribution >= 0.6 is 23.4 Å². The standard InChI is InChI=1S/C18H15ClN2O4S/c19-12-2-1-3-14(10-12)21-17(23)11-26-15-6-4-13(5-7-15)20-16(22)8-9-18(24)25/h1-10H,11H2,(H,20,22)(H,21,23)(H,24,25)/b9-8+. The summed E-state index contributed by atoms with van der Waals surface area (Å²) in [5.74, 6) is -1.66. The Hall–Kier alpha value is -2.77. The largest absolute Gasteiger partial charge is 0.478 e. The number of anilines is 2. The molecule has 0 spiro atoms. The van der Waals surface area contributed by atoms with Crippen LogP contribution in [0.3, 0.4) is 0 Å². The molecule has 0 atom stereocenters. The second-order valence-electron chi connectivity index (χ2n) is 5.03. The lowest BCUT2D eigenvalue weighted by Crippen LogP contribution is -2.13. The summed E-state index contributed by atoms with van der Waals surface area (Å²) < 4.78 is 0. The van der Waals surface area contributed by atoms with Crippen LogP contribution in [0.15, 0.2) is 65.6 Å². The molecule has 0 radical (unpaired) electrons. The van der Waals surface area contributed by atoms with E-state index in [-0.39, 0.29) is 11.7 Å². The van der Waals surface area contributed by atoms with E-state index in [2.05, 4.69) is 10.6 Å². The van der Waals surface area contributed by atoms with E-state index in [9.17, 15) is 14.4 Å². The number of nitrogens with one attached hydrogen (secondary N) is 2. The molecule has 2 rings (SSSR count). The maximum atomic E-state index is 11.9. The molecule has 6 nitrogen and oxygen atoms in total. The van der Waals surface area contributed by atoms with Gasteiger partial charge in [0.05, 0.1) is 5.75 Å². The number of aliphatic carboxylic acids is 1. The van der Waals surface area contributed by atoms with Crippen molar-refractivity contribution < 1.29 is 19.5 Å². The van der Waals surface area contributed by atoms with Crippen LogP contribution in [-0.4, -0.2) is 28.6 Å². The van der Waals surface area contributed by atoms with Crippen LogP contribution in [0.2, 0.25) is 5.02 Å². The minimum Gasteiger partial charge on any atom is -0.478 e. The third-order valence-corrected chi connectivity index (χ3v) is 4.22. The number of thioether (sulfide) groups is 1. The average molecular weight is 391 g/mol. The lowest BCUT2D eigenvalue weighted by molar-refractivity contribution is -0.131. The molecule has 0 unspecified atom stereocenters. The van der Waals surface area contributed by atoms with E-state index in [1.54, 1.807) is 48.5 Å². The van der Waals surface area contributed by atoms with Crippen LogP contribution in [0.1, 0.15) is 0 Å². The zero-order valence-corrected chi connectivity index (χ0v) is 15.0. The first kappa shape index (κ1) is 19.6. The van der Waals surface area contributed by atoms with E-state index in [1.807, 2.05) is 0 Å². The van der Waals surface area contributed by atoms with Crippen molar-refractivity contribution in [3.05, 3.63) is 65.7 Å². The first-order valence-electron chi connectivity index (χ1n) is 7.42. The molecular weight excluding hydrogens is 376 g/mol. The fourth-order valence-electron chi connectivity index (χ4n) is 1.88. The van der Waals surface area contributed by atoms with Gasteiger partial charge in [0.25, 0.3) is 0 Å². The summed E-state index contributed by atoms with van der Waals surface area (Å²) in [5.41, 5.74) is 1.16. The number of amides is 2. The number of carboxylic acid groups (broad SMARTS) is 1. The highest BCUT2D eigenvalue weighted by atomic mass is 35.5. The van der Waals surface area contributed by atoms with Gasteiger partial charge in [-0.1, -0.05) is 17.7 Å². The van der Waals surface area contributed by atoms with Crippen molar-refractivity contribution >= 4 is 52.5 Å². The molecule has 0 heterocycles. The van der Waals surface area contributed by atoms with Crippen molar-refractivity contribution in [1.82, 2.24) is 0 Å².